The molecule has 0 saturated heterocycles. The molecule has 4 N–H and O–H groups in total. The standard InChI is InChI=1S/C12H11BrN4O/c13-8-4-10-11(17-12(18)16-10)5-9(8)15-6-7-2-1-3-14-7/h1-5,14-15H,6H2,(H2,16,17,18). The molecule has 0 amide bonds. The molecule has 0 atom stereocenters. The van der Waals surface area contributed by atoms with Crippen molar-refractivity contribution in [2.75, 3.05) is 5.32 Å². The second kappa shape index (κ2) is 4.38. The van der Waals surface area contributed by atoms with Crippen molar-refractivity contribution in [1.29, 1.82) is 0 Å². The summed E-state index contributed by atoms with van der Waals surface area (Å²) >= 11 is 3.48. The van der Waals surface area contributed by atoms with Gasteiger partial charge in [-0.25, -0.2) is 4.79 Å². The largest absolute Gasteiger partial charge is 0.378 e. The summed E-state index contributed by atoms with van der Waals surface area (Å²) in [7, 11) is 0. The van der Waals surface area contributed by atoms with Gasteiger partial charge in [0.1, 0.15) is 0 Å². The summed E-state index contributed by atoms with van der Waals surface area (Å²) in [6.45, 7) is 0.700. The molecule has 0 aliphatic heterocycles. The molecule has 0 bridgehead atoms. The molecular formula is C12H11BrN4O. The van der Waals surface area contributed by atoms with Crippen LogP contribution in [-0.2, 0) is 6.54 Å². The van der Waals surface area contributed by atoms with Crippen LogP contribution in [0.5, 0.6) is 0 Å². The second-order valence-corrected chi connectivity index (χ2v) is 4.86. The predicted octanol–water partition coefficient (Wildman–Crippen LogP) is 2.56. The lowest BCUT2D eigenvalue weighted by Crippen LogP contribution is -2.00. The number of anilines is 1. The summed E-state index contributed by atoms with van der Waals surface area (Å²) in [6.07, 6.45) is 1.89. The number of H-pyrrole nitrogens is 3. The molecule has 0 fully saturated rings. The number of hydrogen-bond acceptors (Lipinski definition) is 2. The Kier molecular flexibility index (Phi) is 2.71. The number of halogens is 1. The van der Waals surface area contributed by atoms with Gasteiger partial charge in [-0.05, 0) is 40.2 Å². The van der Waals surface area contributed by atoms with Gasteiger partial charge in [-0.3, -0.25) is 0 Å². The first-order valence-corrected chi connectivity index (χ1v) is 6.29. The Morgan fingerprint density at radius 2 is 2.00 bits per heavy atom. The van der Waals surface area contributed by atoms with Crippen molar-refractivity contribution in [3.63, 3.8) is 0 Å². The zero-order valence-electron chi connectivity index (χ0n) is 9.38. The minimum absolute atomic E-state index is 0.196. The van der Waals surface area contributed by atoms with E-state index in [0.717, 1.165) is 26.9 Å². The van der Waals surface area contributed by atoms with Crippen LogP contribution in [0.2, 0.25) is 0 Å². The minimum Gasteiger partial charge on any atom is -0.378 e. The highest BCUT2D eigenvalue weighted by Gasteiger charge is 2.05. The van der Waals surface area contributed by atoms with E-state index in [9.17, 15) is 4.79 Å². The zero-order valence-corrected chi connectivity index (χ0v) is 11.0. The second-order valence-electron chi connectivity index (χ2n) is 4.01. The van der Waals surface area contributed by atoms with Crippen LogP contribution in [0.4, 0.5) is 5.69 Å². The van der Waals surface area contributed by atoms with Gasteiger partial charge in [0.15, 0.2) is 0 Å². The molecular weight excluding hydrogens is 296 g/mol. The maximum absolute atomic E-state index is 11.2. The quantitative estimate of drug-likeness (QED) is 0.600. The van der Waals surface area contributed by atoms with E-state index >= 15 is 0 Å². The summed E-state index contributed by atoms with van der Waals surface area (Å²) in [5.41, 5.74) is 3.42. The van der Waals surface area contributed by atoms with Gasteiger partial charge in [0.2, 0.25) is 0 Å². The van der Waals surface area contributed by atoms with E-state index in [2.05, 4.69) is 36.2 Å². The third kappa shape index (κ3) is 2.06. The van der Waals surface area contributed by atoms with Gasteiger partial charge in [0, 0.05) is 16.4 Å². The third-order valence-electron chi connectivity index (χ3n) is 2.74. The molecule has 0 radical (unpaired) electrons. The van der Waals surface area contributed by atoms with E-state index in [1.54, 1.807) is 0 Å². The number of fused-ring (bicyclic) bond motifs is 1. The number of aromatic amines is 3. The van der Waals surface area contributed by atoms with E-state index in [-0.39, 0.29) is 5.69 Å². The Labute approximate surface area is 111 Å². The Hall–Kier alpha value is -1.95. The summed E-state index contributed by atoms with van der Waals surface area (Å²) in [5, 5.41) is 3.30. The molecule has 2 heterocycles. The highest BCUT2D eigenvalue weighted by molar-refractivity contribution is 9.10. The van der Waals surface area contributed by atoms with Crippen molar-refractivity contribution in [3.05, 3.63) is 51.1 Å². The van der Waals surface area contributed by atoms with Gasteiger partial charge in [-0.1, -0.05) is 0 Å². The number of rotatable bonds is 3. The number of hydrogen-bond donors (Lipinski definition) is 4. The average molecular weight is 307 g/mol. The van der Waals surface area contributed by atoms with Gasteiger partial charge in [-0.2, -0.15) is 0 Å². The van der Waals surface area contributed by atoms with Crippen LogP contribution < -0.4 is 11.0 Å². The van der Waals surface area contributed by atoms with Crippen molar-refractivity contribution in [2.24, 2.45) is 0 Å². The first kappa shape index (κ1) is 11.2. The summed E-state index contributed by atoms with van der Waals surface area (Å²) < 4.78 is 0.914. The van der Waals surface area contributed by atoms with Crippen LogP contribution in [-0.4, -0.2) is 15.0 Å². The molecule has 2 aromatic heterocycles. The van der Waals surface area contributed by atoms with Crippen LogP contribution in [0.15, 0.2) is 39.7 Å². The predicted molar refractivity (Wildman–Crippen MR) is 74.7 cm³/mol. The maximum atomic E-state index is 11.2. The fourth-order valence-electron chi connectivity index (χ4n) is 1.86. The monoisotopic (exact) mass is 306 g/mol. The molecule has 92 valence electrons. The van der Waals surface area contributed by atoms with E-state index < -0.39 is 0 Å². The van der Waals surface area contributed by atoms with Crippen molar-refractivity contribution in [3.8, 4) is 0 Å². The molecule has 5 nitrogen and oxygen atoms in total. The van der Waals surface area contributed by atoms with Gasteiger partial charge >= 0.3 is 5.69 Å². The number of benzene rings is 1. The molecule has 0 spiro atoms. The number of nitrogens with one attached hydrogen (secondary N) is 4. The summed E-state index contributed by atoms with van der Waals surface area (Å²) in [5.74, 6) is 0. The highest BCUT2D eigenvalue weighted by atomic mass is 79.9. The van der Waals surface area contributed by atoms with Crippen molar-refractivity contribution >= 4 is 32.7 Å². The van der Waals surface area contributed by atoms with Crippen LogP contribution in [0, 0.1) is 0 Å². The first-order valence-electron chi connectivity index (χ1n) is 5.50. The summed E-state index contributed by atoms with van der Waals surface area (Å²) in [4.78, 5) is 19.8. The van der Waals surface area contributed by atoms with Crippen LogP contribution >= 0.6 is 15.9 Å². The SMILES string of the molecule is O=c1[nH]c2cc(Br)c(NCc3ccc[nH]3)cc2[nH]1. The molecule has 6 heteroatoms. The van der Waals surface area contributed by atoms with E-state index in [4.69, 9.17) is 0 Å². The Bertz CT molecular complexity index is 726. The molecule has 3 aromatic rings. The molecule has 0 aliphatic rings. The van der Waals surface area contributed by atoms with E-state index in [1.807, 2.05) is 30.5 Å². The summed E-state index contributed by atoms with van der Waals surface area (Å²) in [6, 6.07) is 7.75. The molecule has 0 unspecified atom stereocenters. The Balaban J connectivity index is 1.91. The topological polar surface area (TPSA) is 76.5 Å². The van der Waals surface area contributed by atoms with Crippen LogP contribution in [0.25, 0.3) is 11.0 Å². The fourth-order valence-corrected chi connectivity index (χ4v) is 2.34. The number of aromatic nitrogens is 3. The molecule has 3 rings (SSSR count). The fraction of sp³-hybridized carbons (Fsp3) is 0.0833. The smallest absolute Gasteiger partial charge is 0.323 e. The van der Waals surface area contributed by atoms with E-state index in [0.29, 0.717) is 6.54 Å². The number of imidazole rings is 1. The highest BCUT2D eigenvalue weighted by Crippen LogP contribution is 2.26. The van der Waals surface area contributed by atoms with Gasteiger partial charge in [0.05, 0.1) is 23.3 Å². The Morgan fingerprint density at radius 1 is 1.22 bits per heavy atom. The normalized spacial score (nSPS) is 10.9. The van der Waals surface area contributed by atoms with Crippen molar-refractivity contribution < 1.29 is 0 Å². The third-order valence-corrected chi connectivity index (χ3v) is 3.39. The molecule has 0 aliphatic carbocycles. The molecule has 1 aromatic carbocycles. The van der Waals surface area contributed by atoms with Gasteiger partial charge < -0.3 is 20.3 Å². The van der Waals surface area contributed by atoms with Crippen molar-refractivity contribution in [1.82, 2.24) is 15.0 Å². The zero-order chi connectivity index (χ0) is 12.5. The lowest BCUT2D eigenvalue weighted by molar-refractivity contribution is 1.07. The molecule has 18 heavy (non-hydrogen) atoms. The lowest BCUT2D eigenvalue weighted by Gasteiger charge is -2.07. The van der Waals surface area contributed by atoms with Gasteiger partial charge in [0.25, 0.3) is 0 Å². The maximum Gasteiger partial charge on any atom is 0.323 e. The first-order chi connectivity index (χ1) is 8.72. The molecule has 0 saturated carbocycles. The Morgan fingerprint density at radius 3 is 2.72 bits per heavy atom. The van der Waals surface area contributed by atoms with E-state index in [1.165, 1.54) is 0 Å². The minimum atomic E-state index is -0.196. The van der Waals surface area contributed by atoms with Gasteiger partial charge in [-0.15, -0.1) is 0 Å². The van der Waals surface area contributed by atoms with Crippen molar-refractivity contribution in [2.45, 2.75) is 6.54 Å². The van der Waals surface area contributed by atoms with Crippen LogP contribution in [0.3, 0.4) is 0 Å². The average Bonchev–Trinajstić information content (AvgIpc) is 2.94. The lowest BCUT2D eigenvalue weighted by atomic mass is 10.2. The van der Waals surface area contributed by atoms with Crippen LogP contribution in [0.1, 0.15) is 5.69 Å².